The quantitative estimate of drug-likeness (QED) is 0.556. The van der Waals surface area contributed by atoms with Gasteiger partial charge in [-0.1, -0.05) is 39.5 Å². The average molecular weight is 246 g/mol. The van der Waals surface area contributed by atoms with Crippen LogP contribution in [-0.2, 0) is 0 Å². The van der Waals surface area contributed by atoms with Crippen LogP contribution in [0.4, 0.5) is 0 Å². The molecule has 4 aliphatic carbocycles. The first kappa shape index (κ1) is 11.8. The summed E-state index contributed by atoms with van der Waals surface area (Å²) in [5.74, 6) is 8.93. The van der Waals surface area contributed by atoms with Crippen LogP contribution in [0, 0.1) is 47.3 Å². The summed E-state index contributed by atoms with van der Waals surface area (Å²) in [5.41, 5.74) is 0. The van der Waals surface area contributed by atoms with E-state index in [1.807, 2.05) is 0 Å². The van der Waals surface area contributed by atoms with Crippen molar-refractivity contribution in [2.45, 2.75) is 65.2 Å². The Kier molecular flexibility index (Phi) is 2.79. The molecule has 6 atom stereocenters. The predicted molar refractivity (Wildman–Crippen MR) is 76.2 cm³/mol. The second-order valence-electron chi connectivity index (χ2n) is 8.10. The van der Waals surface area contributed by atoms with Gasteiger partial charge in [0.25, 0.3) is 0 Å². The van der Waals surface area contributed by atoms with E-state index in [0.717, 1.165) is 47.3 Å². The van der Waals surface area contributed by atoms with Gasteiger partial charge < -0.3 is 0 Å². The highest BCUT2D eigenvalue weighted by Crippen LogP contribution is 2.66. The Morgan fingerprint density at radius 2 is 0.889 bits per heavy atom. The molecule has 0 N–H and O–H groups in total. The van der Waals surface area contributed by atoms with Crippen LogP contribution in [0.2, 0.25) is 0 Å². The molecular formula is C18H30. The van der Waals surface area contributed by atoms with Crippen LogP contribution in [0.15, 0.2) is 0 Å². The van der Waals surface area contributed by atoms with Crippen LogP contribution in [-0.4, -0.2) is 0 Å². The smallest absolute Gasteiger partial charge is 0.0318 e. The highest BCUT2D eigenvalue weighted by Gasteiger charge is 2.59. The van der Waals surface area contributed by atoms with Gasteiger partial charge in [0, 0.05) is 0 Å². The summed E-state index contributed by atoms with van der Waals surface area (Å²) in [6.07, 6.45) is 12.5. The number of rotatable bonds is 0. The normalized spacial score (nSPS) is 59.0. The van der Waals surface area contributed by atoms with Crippen LogP contribution in [0.3, 0.4) is 0 Å². The molecule has 6 unspecified atom stereocenters. The van der Waals surface area contributed by atoms with Gasteiger partial charge in [-0.05, 0) is 73.0 Å². The zero-order valence-corrected chi connectivity index (χ0v) is 12.3. The minimum absolute atomic E-state index is 1.06. The van der Waals surface area contributed by atoms with E-state index in [0.29, 0.717) is 0 Å². The second kappa shape index (κ2) is 4.25. The van der Waals surface area contributed by atoms with E-state index in [1.165, 1.54) is 12.8 Å². The van der Waals surface area contributed by atoms with Crippen LogP contribution >= 0.6 is 0 Å². The monoisotopic (exact) mass is 246 g/mol. The van der Waals surface area contributed by atoms with E-state index in [-0.39, 0.29) is 0 Å². The standard InChI is InChI=1S/C18H30/c1-11-13-7-3-5-9-15(13)18-16-10-6-4-8-14(16)12(2)17(11)18/h11-18H,3-10H2,1-2H3. The molecule has 0 aromatic carbocycles. The fraction of sp³-hybridized carbons (Fsp3) is 1.00. The SMILES string of the molecule is CC1C2CCCCC2C2C3CCCCC3C(C)C12. The molecule has 4 saturated carbocycles. The van der Waals surface area contributed by atoms with Crippen LogP contribution in [0.1, 0.15) is 65.2 Å². The Hall–Kier alpha value is 0. The highest BCUT2D eigenvalue weighted by molar-refractivity contribution is 5.08. The lowest BCUT2D eigenvalue weighted by Crippen LogP contribution is -2.29. The van der Waals surface area contributed by atoms with Crippen molar-refractivity contribution in [1.29, 1.82) is 0 Å². The fourth-order valence-electron chi connectivity index (χ4n) is 7.28. The molecule has 18 heavy (non-hydrogen) atoms. The van der Waals surface area contributed by atoms with E-state index in [1.54, 1.807) is 38.5 Å². The summed E-state index contributed by atoms with van der Waals surface area (Å²) in [6.45, 7) is 5.25. The molecule has 0 spiro atoms. The molecule has 4 aliphatic rings. The minimum atomic E-state index is 1.06. The van der Waals surface area contributed by atoms with Gasteiger partial charge in [0.1, 0.15) is 0 Å². The Balaban J connectivity index is 1.67. The first-order valence-corrected chi connectivity index (χ1v) is 8.79. The van der Waals surface area contributed by atoms with Gasteiger partial charge in [0.05, 0.1) is 0 Å². The first-order chi connectivity index (χ1) is 8.79. The molecule has 0 heterocycles. The van der Waals surface area contributed by atoms with Crippen molar-refractivity contribution in [3.63, 3.8) is 0 Å². The predicted octanol–water partition coefficient (Wildman–Crippen LogP) is 5.13. The number of fused-ring (bicyclic) bond motifs is 5. The second-order valence-corrected chi connectivity index (χ2v) is 8.10. The van der Waals surface area contributed by atoms with Crippen LogP contribution < -0.4 is 0 Å². The maximum atomic E-state index is 2.63. The van der Waals surface area contributed by atoms with Crippen molar-refractivity contribution in [2.75, 3.05) is 0 Å². The van der Waals surface area contributed by atoms with Crippen molar-refractivity contribution >= 4 is 0 Å². The molecule has 4 fully saturated rings. The maximum absolute atomic E-state index is 2.63. The molecule has 0 nitrogen and oxygen atoms in total. The van der Waals surface area contributed by atoms with Crippen molar-refractivity contribution in [1.82, 2.24) is 0 Å². The van der Waals surface area contributed by atoms with Gasteiger partial charge in [-0.3, -0.25) is 0 Å². The fourth-order valence-corrected chi connectivity index (χ4v) is 7.28. The number of hydrogen-bond donors (Lipinski definition) is 0. The largest absolute Gasteiger partial charge is 0.0619 e. The Morgan fingerprint density at radius 1 is 0.500 bits per heavy atom. The Labute approximate surface area is 113 Å². The summed E-state index contributed by atoms with van der Waals surface area (Å²) < 4.78 is 0. The zero-order chi connectivity index (χ0) is 12.3. The molecule has 0 aromatic heterocycles. The van der Waals surface area contributed by atoms with Crippen molar-refractivity contribution in [3.8, 4) is 0 Å². The lowest BCUT2D eigenvalue weighted by atomic mass is 9.68. The van der Waals surface area contributed by atoms with E-state index < -0.39 is 0 Å². The van der Waals surface area contributed by atoms with E-state index in [2.05, 4.69) is 13.8 Å². The van der Waals surface area contributed by atoms with Crippen LogP contribution in [0.25, 0.3) is 0 Å². The molecule has 0 radical (unpaired) electrons. The topological polar surface area (TPSA) is 0 Å². The van der Waals surface area contributed by atoms with Crippen molar-refractivity contribution < 1.29 is 0 Å². The van der Waals surface area contributed by atoms with E-state index in [4.69, 9.17) is 0 Å². The van der Waals surface area contributed by atoms with Crippen molar-refractivity contribution in [3.05, 3.63) is 0 Å². The number of hydrogen-bond acceptors (Lipinski definition) is 0. The first-order valence-electron chi connectivity index (χ1n) is 8.79. The third kappa shape index (κ3) is 1.44. The molecule has 0 aromatic rings. The molecule has 0 bridgehead atoms. The molecule has 102 valence electrons. The van der Waals surface area contributed by atoms with Gasteiger partial charge in [-0.15, -0.1) is 0 Å². The highest BCUT2D eigenvalue weighted by atomic mass is 14.6. The molecule has 0 aliphatic heterocycles. The summed E-state index contributed by atoms with van der Waals surface area (Å²) in [7, 11) is 0. The van der Waals surface area contributed by atoms with E-state index in [9.17, 15) is 0 Å². The maximum Gasteiger partial charge on any atom is -0.0318 e. The van der Waals surface area contributed by atoms with Gasteiger partial charge in [-0.25, -0.2) is 0 Å². The van der Waals surface area contributed by atoms with Gasteiger partial charge in [0.2, 0.25) is 0 Å². The third-order valence-electron chi connectivity index (χ3n) is 7.75. The van der Waals surface area contributed by atoms with Gasteiger partial charge in [-0.2, -0.15) is 0 Å². The average Bonchev–Trinajstić information content (AvgIpc) is 2.87. The summed E-state index contributed by atoms with van der Waals surface area (Å²) in [6, 6.07) is 0. The molecule has 0 saturated heterocycles. The molecule has 0 heteroatoms. The van der Waals surface area contributed by atoms with Crippen molar-refractivity contribution in [2.24, 2.45) is 47.3 Å². The summed E-state index contributed by atoms with van der Waals surface area (Å²) in [5, 5.41) is 0. The lowest BCUT2D eigenvalue weighted by Gasteiger charge is -2.37. The summed E-state index contributed by atoms with van der Waals surface area (Å²) in [4.78, 5) is 0. The van der Waals surface area contributed by atoms with Gasteiger partial charge in [0.15, 0.2) is 0 Å². The Morgan fingerprint density at radius 3 is 1.33 bits per heavy atom. The van der Waals surface area contributed by atoms with E-state index >= 15 is 0 Å². The summed E-state index contributed by atoms with van der Waals surface area (Å²) >= 11 is 0. The zero-order valence-electron chi connectivity index (χ0n) is 12.3. The van der Waals surface area contributed by atoms with Crippen LogP contribution in [0.5, 0.6) is 0 Å². The lowest BCUT2D eigenvalue weighted by molar-refractivity contribution is 0.121. The Bertz CT molecular complexity index is 290. The molecule has 4 rings (SSSR count). The molecule has 0 amide bonds. The van der Waals surface area contributed by atoms with Gasteiger partial charge >= 0.3 is 0 Å². The third-order valence-corrected chi connectivity index (χ3v) is 7.75. The molecular weight excluding hydrogens is 216 g/mol. The minimum Gasteiger partial charge on any atom is -0.0619 e.